The molecular weight excluding hydrogens is 440 g/mol. The Bertz CT molecular complexity index is 1150. The van der Waals surface area contributed by atoms with E-state index in [2.05, 4.69) is 15.9 Å². The van der Waals surface area contributed by atoms with Crippen molar-refractivity contribution in [2.24, 2.45) is 0 Å². The molecule has 0 spiro atoms. The van der Waals surface area contributed by atoms with Crippen molar-refractivity contribution >= 4 is 50.4 Å². The van der Waals surface area contributed by atoms with E-state index in [1.54, 1.807) is 11.8 Å². The topological polar surface area (TPSA) is 30.2 Å². The Hall–Kier alpha value is -1.95. The summed E-state index contributed by atoms with van der Waals surface area (Å²) >= 11 is 6.51. The molecule has 0 bridgehead atoms. The largest absolute Gasteiger partial charge is 0.422 e. The van der Waals surface area contributed by atoms with Crippen molar-refractivity contribution in [3.8, 4) is 0 Å². The predicted octanol–water partition coefficient (Wildman–Crippen LogP) is 7.17. The molecule has 0 aliphatic heterocycles. The van der Waals surface area contributed by atoms with Crippen molar-refractivity contribution in [3.05, 3.63) is 93.3 Å². The SMILES string of the molecule is Cc1ccc(Sc2c(Sc3ccc(Br)cc3)c3ccccc3oc2=O)cc1. The highest BCUT2D eigenvalue weighted by molar-refractivity contribution is 9.10. The first-order valence-corrected chi connectivity index (χ1v) is 10.8. The van der Waals surface area contributed by atoms with Gasteiger partial charge >= 0.3 is 5.63 Å². The number of rotatable bonds is 4. The molecule has 5 heteroatoms. The van der Waals surface area contributed by atoms with Crippen molar-refractivity contribution in [2.45, 2.75) is 26.5 Å². The third-order valence-corrected chi connectivity index (χ3v) is 6.88. The number of para-hydroxylation sites is 1. The average Bonchev–Trinajstić information content (AvgIpc) is 2.67. The van der Waals surface area contributed by atoms with Crippen LogP contribution in [0.3, 0.4) is 0 Å². The molecule has 0 radical (unpaired) electrons. The average molecular weight is 455 g/mol. The summed E-state index contributed by atoms with van der Waals surface area (Å²) in [5.74, 6) is 0. The Morgan fingerprint density at radius 1 is 0.778 bits per heavy atom. The van der Waals surface area contributed by atoms with Gasteiger partial charge in [-0.05, 0) is 49.4 Å². The number of benzene rings is 3. The predicted molar refractivity (Wildman–Crippen MR) is 116 cm³/mol. The van der Waals surface area contributed by atoms with Crippen LogP contribution in [0.1, 0.15) is 5.56 Å². The van der Waals surface area contributed by atoms with Crippen LogP contribution in [-0.4, -0.2) is 0 Å². The van der Waals surface area contributed by atoms with E-state index in [9.17, 15) is 4.79 Å². The van der Waals surface area contributed by atoms with Crippen LogP contribution < -0.4 is 5.63 Å². The maximum absolute atomic E-state index is 12.8. The van der Waals surface area contributed by atoms with Crippen LogP contribution in [-0.2, 0) is 0 Å². The molecule has 3 aromatic carbocycles. The lowest BCUT2D eigenvalue weighted by molar-refractivity contribution is 0.537. The van der Waals surface area contributed by atoms with E-state index >= 15 is 0 Å². The van der Waals surface area contributed by atoms with Gasteiger partial charge in [0, 0.05) is 24.5 Å². The molecule has 0 amide bonds. The molecule has 0 aliphatic carbocycles. The van der Waals surface area contributed by atoms with Gasteiger partial charge in [0.25, 0.3) is 0 Å². The zero-order chi connectivity index (χ0) is 18.8. The number of hydrogen-bond donors (Lipinski definition) is 0. The zero-order valence-corrected chi connectivity index (χ0v) is 17.7. The van der Waals surface area contributed by atoms with Gasteiger partial charge in [0.1, 0.15) is 10.5 Å². The van der Waals surface area contributed by atoms with Crippen LogP contribution in [0.5, 0.6) is 0 Å². The first-order valence-electron chi connectivity index (χ1n) is 8.34. The van der Waals surface area contributed by atoms with E-state index in [-0.39, 0.29) is 5.63 Å². The fraction of sp³-hybridized carbons (Fsp3) is 0.0455. The maximum Gasteiger partial charge on any atom is 0.351 e. The molecule has 1 aromatic heterocycles. The van der Waals surface area contributed by atoms with Crippen LogP contribution in [0.2, 0.25) is 0 Å². The van der Waals surface area contributed by atoms with Crippen molar-refractivity contribution in [3.63, 3.8) is 0 Å². The van der Waals surface area contributed by atoms with Gasteiger partial charge in [-0.15, -0.1) is 0 Å². The second-order valence-electron chi connectivity index (χ2n) is 6.02. The summed E-state index contributed by atoms with van der Waals surface area (Å²) in [4.78, 5) is 16.4. The fourth-order valence-corrected chi connectivity index (χ4v) is 4.95. The van der Waals surface area contributed by atoms with Crippen LogP contribution in [0.25, 0.3) is 11.0 Å². The Morgan fingerprint density at radius 3 is 2.07 bits per heavy atom. The minimum absolute atomic E-state index is 0.307. The summed E-state index contributed by atoms with van der Waals surface area (Å²) in [6, 6.07) is 23.9. The van der Waals surface area contributed by atoms with E-state index in [4.69, 9.17) is 4.42 Å². The third-order valence-electron chi connectivity index (χ3n) is 4.00. The van der Waals surface area contributed by atoms with Crippen LogP contribution in [0.15, 0.2) is 106 Å². The Kier molecular flexibility index (Phi) is 5.43. The van der Waals surface area contributed by atoms with Crippen LogP contribution >= 0.6 is 39.5 Å². The summed E-state index contributed by atoms with van der Waals surface area (Å²) in [6.45, 7) is 2.05. The highest BCUT2D eigenvalue weighted by Crippen LogP contribution is 2.41. The summed E-state index contributed by atoms with van der Waals surface area (Å²) in [7, 11) is 0. The van der Waals surface area contributed by atoms with E-state index in [1.165, 1.54) is 17.3 Å². The minimum Gasteiger partial charge on any atom is -0.422 e. The van der Waals surface area contributed by atoms with Gasteiger partial charge in [-0.3, -0.25) is 0 Å². The summed E-state index contributed by atoms with van der Waals surface area (Å²) < 4.78 is 6.62. The van der Waals surface area contributed by atoms with Crippen molar-refractivity contribution < 1.29 is 4.42 Å². The molecule has 0 saturated heterocycles. The van der Waals surface area contributed by atoms with E-state index in [0.717, 1.165) is 24.5 Å². The molecule has 27 heavy (non-hydrogen) atoms. The van der Waals surface area contributed by atoms with E-state index in [0.29, 0.717) is 10.5 Å². The smallest absolute Gasteiger partial charge is 0.351 e. The second-order valence-corrected chi connectivity index (χ2v) is 9.10. The van der Waals surface area contributed by atoms with Crippen molar-refractivity contribution in [1.29, 1.82) is 0 Å². The van der Waals surface area contributed by atoms with Crippen molar-refractivity contribution in [2.75, 3.05) is 0 Å². The molecule has 0 saturated carbocycles. The quantitative estimate of drug-likeness (QED) is 0.305. The van der Waals surface area contributed by atoms with Gasteiger partial charge in [0.05, 0.1) is 0 Å². The van der Waals surface area contributed by atoms with Gasteiger partial charge in [-0.2, -0.15) is 0 Å². The van der Waals surface area contributed by atoms with Crippen LogP contribution in [0, 0.1) is 6.92 Å². The molecule has 2 nitrogen and oxygen atoms in total. The second kappa shape index (κ2) is 7.97. The first-order chi connectivity index (χ1) is 13.1. The molecule has 1 heterocycles. The summed E-state index contributed by atoms with van der Waals surface area (Å²) in [5.41, 5.74) is 1.49. The molecule has 0 fully saturated rings. The van der Waals surface area contributed by atoms with E-state index in [1.807, 2.05) is 79.7 Å². The minimum atomic E-state index is -0.307. The number of hydrogen-bond acceptors (Lipinski definition) is 4. The molecule has 4 rings (SSSR count). The molecule has 0 unspecified atom stereocenters. The van der Waals surface area contributed by atoms with Gasteiger partial charge in [-0.25, -0.2) is 4.79 Å². The van der Waals surface area contributed by atoms with Gasteiger partial charge in [0.15, 0.2) is 0 Å². The van der Waals surface area contributed by atoms with Crippen molar-refractivity contribution in [1.82, 2.24) is 0 Å². The number of halogens is 1. The molecule has 134 valence electrons. The zero-order valence-electron chi connectivity index (χ0n) is 14.4. The van der Waals surface area contributed by atoms with Gasteiger partial charge in [-0.1, -0.05) is 75.3 Å². The maximum atomic E-state index is 12.8. The number of aryl methyl sites for hydroxylation is 1. The molecule has 4 aromatic rings. The Labute approximate surface area is 174 Å². The molecule has 0 N–H and O–H groups in total. The summed E-state index contributed by atoms with van der Waals surface area (Å²) in [5, 5.41) is 0.944. The normalized spacial score (nSPS) is 11.0. The molecule has 0 aliphatic rings. The third kappa shape index (κ3) is 4.15. The Morgan fingerprint density at radius 2 is 1.37 bits per heavy atom. The highest BCUT2D eigenvalue weighted by atomic mass is 79.9. The summed E-state index contributed by atoms with van der Waals surface area (Å²) in [6.07, 6.45) is 0. The lowest BCUT2D eigenvalue weighted by atomic mass is 10.2. The van der Waals surface area contributed by atoms with Crippen LogP contribution in [0.4, 0.5) is 0 Å². The first kappa shape index (κ1) is 18.4. The standard InChI is InChI=1S/C22H15BrO2S2/c1-14-6-10-16(11-7-14)27-21-20(26-17-12-8-15(23)9-13-17)18-4-2-3-5-19(18)25-22(21)24/h2-13H,1H3. The number of fused-ring (bicyclic) bond motifs is 1. The fourth-order valence-electron chi connectivity index (χ4n) is 2.64. The molecule has 0 atom stereocenters. The monoisotopic (exact) mass is 454 g/mol. The molecular formula is C22H15BrO2S2. The highest BCUT2D eigenvalue weighted by Gasteiger charge is 2.17. The lowest BCUT2D eigenvalue weighted by Gasteiger charge is -2.11. The van der Waals surface area contributed by atoms with Gasteiger partial charge < -0.3 is 4.42 Å². The van der Waals surface area contributed by atoms with E-state index < -0.39 is 0 Å². The lowest BCUT2D eigenvalue weighted by Crippen LogP contribution is -2.04. The Balaban J connectivity index is 1.85. The van der Waals surface area contributed by atoms with Gasteiger partial charge in [0.2, 0.25) is 0 Å².